The number of rotatable bonds is 9. The molecular weight excluding hydrogens is 567 g/mol. The van der Waals surface area contributed by atoms with Gasteiger partial charge in [0.05, 0.1) is 29.0 Å². The molecule has 0 saturated carbocycles. The van der Waals surface area contributed by atoms with Crippen molar-refractivity contribution in [2.75, 3.05) is 17.2 Å². The predicted octanol–water partition coefficient (Wildman–Crippen LogP) is 7.18. The van der Waals surface area contributed by atoms with Gasteiger partial charge in [0, 0.05) is 44.9 Å². The summed E-state index contributed by atoms with van der Waals surface area (Å²) in [5.41, 5.74) is -1.25. The molecule has 0 aliphatic heterocycles. The monoisotopic (exact) mass is 594 g/mol. The molecule has 4 rings (SSSR count). The second-order valence-electron chi connectivity index (χ2n) is 10.3. The zero-order valence-corrected chi connectivity index (χ0v) is 23.6. The lowest BCUT2D eigenvalue weighted by molar-refractivity contribution is -0.136. The highest BCUT2D eigenvalue weighted by atomic mass is 28.3. The minimum atomic E-state index is -4.82. The number of pyridine rings is 1. The molecule has 0 spiro atoms. The first-order chi connectivity index (χ1) is 19.2. The van der Waals surface area contributed by atoms with Crippen molar-refractivity contribution >= 4 is 36.5 Å². The fourth-order valence-electron chi connectivity index (χ4n) is 3.72. The van der Waals surface area contributed by atoms with E-state index in [4.69, 9.17) is 9.47 Å². The van der Waals surface area contributed by atoms with E-state index in [-0.39, 0.29) is 23.8 Å². The summed E-state index contributed by atoms with van der Waals surface area (Å²) in [5, 5.41) is 4.19. The third-order valence-corrected chi connectivity index (χ3v) is 7.46. The summed E-state index contributed by atoms with van der Waals surface area (Å²) in [4.78, 5) is 24.1. The number of urea groups is 1. The average molecular weight is 595 g/mol. The van der Waals surface area contributed by atoms with Gasteiger partial charge in [-0.3, -0.25) is 0 Å². The van der Waals surface area contributed by atoms with Gasteiger partial charge in [-0.2, -0.15) is 13.2 Å². The number of anilines is 2. The van der Waals surface area contributed by atoms with Crippen LogP contribution < -0.4 is 15.4 Å². The van der Waals surface area contributed by atoms with Crippen LogP contribution in [0.1, 0.15) is 11.4 Å². The number of halogens is 5. The van der Waals surface area contributed by atoms with Gasteiger partial charge in [-0.05, 0) is 19.0 Å². The third kappa shape index (κ3) is 7.55. The van der Waals surface area contributed by atoms with Crippen LogP contribution in [0.25, 0.3) is 11.0 Å². The molecule has 3 heterocycles. The minimum absolute atomic E-state index is 0.126. The van der Waals surface area contributed by atoms with Crippen LogP contribution in [0.3, 0.4) is 0 Å². The van der Waals surface area contributed by atoms with Crippen molar-refractivity contribution in [3.63, 3.8) is 0 Å². The van der Waals surface area contributed by atoms with Gasteiger partial charge < -0.3 is 24.7 Å². The van der Waals surface area contributed by atoms with E-state index in [2.05, 4.69) is 45.2 Å². The molecular formula is C26H27F5N6O3Si. The molecule has 4 aromatic rings. The number of amides is 2. The van der Waals surface area contributed by atoms with E-state index in [1.54, 1.807) is 6.92 Å². The third-order valence-electron chi connectivity index (χ3n) is 5.76. The lowest BCUT2D eigenvalue weighted by Gasteiger charge is -2.15. The first kappa shape index (κ1) is 29.9. The smallest absolute Gasteiger partial charge is 0.418 e. The highest BCUT2D eigenvalue weighted by Gasteiger charge is 2.37. The number of nitrogens with zero attached hydrogens (tertiary/aromatic N) is 4. The maximum absolute atomic E-state index is 14.9. The van der Waals surface area contributed by atoms with Crippen molar-refractivity contribution in [1.29, 1.82) is 0 Å². The van der Waals surface area contributed by atoms with Gasteiger partial charge in [-0.15, -0.1) is 0 Å². The van der Waals surface area contributed by atoms with E-state index in [0.717, 1.165) is 30.4 Å². The van der Waals surface area contributed by atoms with Gasteiger partial charge in [0.2, 0.25) is 0 Å². The van der Waals surface area contributed by atoms with Gasteiger partial charge >= 0.3 is 12.2 Å². The number of carbonyl (C=O) groups excluding carboxylic acids is 1. The average Bonchev–Trinajstić information content (AvgIpc) is 3.25. The summed E-state index contributed by atoms with van der Waals surface area (Å²) in [6.45, 7) is 8.24. The van der Waals surface area contributed by atoms with Gasteiger partial charge in [0.15, 0.2) is 17.4 Å². The van der Waals surface area contributed by atoms with Crippen LogP contribution in [-0.4, -0.2) is 40.2 Å². The van der Waals surface area contributed by atoms with Crippen LogP contribution in [0.15, 0.2) is 43.0 Å². The minimum Gasteiger partial charge on any atom is -0.450 e. The Morgan fingerprint density at radius 3 is 2.27 bits per heavy atom. The first-order valence-electron chi connectivity index (χ1n) is 12.4. The van der Waals surface area contributed by atoms with Crippen LogP contribution in [0.4, 0.5) is 38.1 Å². The molecule has 0 atom stereocenters. The van der Waals surface area contributed by atoms with Gasteiger partial charge in [-0.1, -0.05) is 19.6 Å². The number of nitrogens with one attached hydrogen (secondary N) is 2. The summed E-state index contributed by atoms with van der Waals surface area (Å²) >= 11 is 0. The molecule has 41 heavy (non-hydrogen) atoms. The number of aromatic nitrogens is 4. The number of hydrogen-bond donors (Lipinski definition) is 2. The topological polar surface area (TPSA) is 103 Å². The Hall–Kier alpha value is -4.11. The number of carbonyl (C=O) groups is 1. The van der Waals surface area contributed by atoms with Crippen LogP contribution >= 0.6 is 0 Å². The molecule has 2 N–H and O–H groups in total. The van der Waals surface area contributed by atoms with Crippen molar-refractivity contribution in [1.82, 2.24) is 19.5 Å². The van der Waals surface area contributed by atoms with E-state index in [0.29, 0.717) is 12.4 Å². The molecule has 0 saturated heterocycles. The standard InChI is InChI=1S/C26H27F5N6O3Si/c1-15-33-11-17(12-34-15)36-25(38)35-16-9-19(27)23(20(28)10-16)40-21-5-6-32-24-22(21)18(26(29,30)31)13-37(24)14-39-7-8-41(2,3)4/h5-6,9-13H,7-8,14H2,1-4H3,(H2,35,36,38). The summed E-state index contributed by atoms with van der Waals surface area (Å²) in [6, 6.07) is 2.60. The highest BCUT2D eigenvalue weighted by molar-refractivity contribution is 6.76. The quantitative estimate of drug-likeness (QED) is 0.121. The van der Waals surface area contributed by atoms with Gasteiger partial charge in [0.25, 0.3) is 0 Å². The molecule has 3 aromatic heterocycles. The predicted molar refractivity (Wildman–Crippen MR) is 145 cm³/mol. The Labute approximate surface area is 232 Å². The van der Waals surface area contributed by atoms with Crippen LogP contribution in [0.5, 0.6) is 11.5 Å². The van der Waals surface area contributed by atoms with E-state index >= 15 is 0 Å². The van der Waals surface area contributed by atoms with Crippen molar-refractivity contribution < 1.29 is 36.2 Å². The zero-order chi connectivity index (χ0) is 29.9. The van der Waals surface area contributed by atoms with E-state index in [9.17, 15) is 26.7 Å². The van der Waals surface area contributed by atoms with Crippen molar-refractivity contribution in [2.45, 2.75) is 45.5 Å². The SMILES string of the molecule is Cc1ncc(NC(=O)Nc2cc(F)c(Oc3ccnc4c3c(C(F)(F)F)cn4COCC[Si](C)(C)C)c(F)c2)cn1. The Bertz CT molecular complexity index is 1530. The van der Waals surface area contributed by atoms with E-state index in [1.807, 2.05) is 0 Å². The van der Waals surface area contributed by atoms with Crippen LogP contribution in [0.2, 0.25) is 25.7 Å². The Kier molecular flexibility index (Phi) is 8.58. The first-order valence-corrected chi connectivity index (χ1v) is 16.1. The largest absolute Gasteiger partial charge is 0.450 e. The summed E-state index contributed by atoms with van der Waals surface area (Å²) < 4.78 is 83.9. The Morgan fingerprint density at radius 1 is 1.02 bits per heavy atom. The molecule has 218 valence electrons. The number of hydrogen-bond acceptors (Lipinski definition) is 6. The van der Waals surface area contributed by atoms with Gasteiger partial charge in [0.1, 0.15) is 24.0 Å². The fourth-order valence-corrected chi connectivity index (χ4v) is 4.47. The summed E-state index contributed by atoms with van der Waals surface area (Å²) in [6.07, 6.45) is -0.128. The molecule has 0 aliphatic carbocycles. The molecule has 2 amide bonds. The molecule has 0 radical (unpaired) electrons. The molecule has 0 aliphatic rings. The number of aryl methyl sites for hydroxylation is 1. The number of alkyl halides is 3. The maximum atomic E-state index is 14.9. The van der Waals surface area contributed by atoms with Crippen LogP contribution in [-0.2, 0) is 17.6 Å². The maximum Gasteiger partial charge on any atom is 0.418 e. The Morgan fingerprint density at radius 2 is 1.66 bits per heavy atom. The number of benzene rings is 1. The van der Waals surface area contributed by atoms with Gasteiger partial charge in [-0.25, -0.2) is 28.5 Å². The lowest BCUT2D eigenvalue weighted by atomic mass is 10.2. The second kappa shape index (κ2) is 11.8. The second-order valence-corrected chi connectivity index (χ2v) is 16.0. The Balaban J connectivity index is 1.58. The molecule has 1 aromatic carbocycles. The van der Waals surface area contributed by atoms with E-state index in [1.165, 1.54) is 23.2 Å². The molecule has 0 unspecified atom stereocenters. The van der Waals surface area contributed by atoms with E-state index < -0.39 is 54.4 Å². The van der Waals surface area contributed by atoms with Crippen molar-refractivity contribution in [3.05, 3.63) is 66.0 Å². The van der Waals surface area contributed by atoms with Crippen molar-refractivity contribution in [2.24, 2.45) is 0 Å². The molecule has 15 heteroatoms. The number of fused-ring (bicyclic) bond motifs is 1. The molecule has 0 fully saturated rings. The fraction of sp³-hybridized carbons (Fsp3) is 0.308. The highest BCUT2D eigenvalue weighted by Crippen LogP contribution is 2.42. The normalized spacial score (nSPS) is 12.0. The molecule has 9 nitrogen and oxygen atoms in total. The van der Waals surface area contributed by atoms with Crippen LogP contribution in [0, 0.1) is 18.6 Å². The summed E-state index contributed by atoms with van der Waals surface area (Å²) in [7, 11) is -1.42. The molecule has 0 bridgehead atoms. The van der Waals surface area contributed by atoms with Crippen molar-refractivity contribution in [3.8, 4) is 11.5 Å². The zero-order valence-electron chi connectivity index (χ0n) is 22.6. The number of ether oxygens (including phenoxy) is 2. The summed E-state index contributed by atoms with van der Waals surface area (Å²) in [5.74, 6) is -3.45. The lowest BCUT2D eigenvalue weighted by Crippen LogP contribution is -2.22.